The summed E-state index contributed by atoms with van der Waals surface area (Å²) in [4.78, 5) is 38.4. The highest BCUT2D eigenvalue weighted by Gasteiger charge is 2.19. The first kappa shape index (κ1) is 76.5. The summed E-state index contributed by atoms with van der Waals surface area (Å²) in [6.45, 7) is 6.47. The minimum absolute atomic E-state index is 0.0930. The normalized spacial score (nSPS) is 13.0. The molecule has 0 heterocycles. The average Bonchev–Trinajstić information content (AvgIpc) is 3.47. The number of hydrogen-bond donors (Lipinski definition) is 0. The Morgan fingerprint density at radius 3 is 0.753 bits per heavy atom. The van der Waals surface area contributed by atoms with Crippen LogP contribution in [-0.2, 0) is 28.6 Å². The van der Waals surface area contributed by atoms with Crippen molar-refractivity contribution in [2.75, 3.05) is 13.2 Å². The Kier molecular flexibility index (Phi) is 64.3. The van der Waals surface area contributed by atoms with Crippen LogP contribution in [0.1, 0.15) is 303 Å². The predicted octanol–water partition coefficient (Wildman–Crippen LogP) is 23.3. The summed E-state index contributed by atoms with van der Waals surface area (Å²) >= 11 is 0. The SMILES string of the molecule is CC/C=C\C/C=C\C/C=C\C/C=C\C/C=C\C/C=C\CCCCCCCCCCC(=O)OCC(COC(=O)CCCCCCCCC/C=C\C/C=C\CCCCC)OC(=O)CCCCCCCC/C=C\C/C=C\C/C=C\CCCCC. The Hall–Kier alpha value is -4.45. The van der Waals surface area contributed by atoms with Gasteiger partial charge in [-0.25, -0.2) is 0 Å². The summed E-state index contributed by atoms with van der Waals surface area (Å²) in [6, 6.07) is 0. The number of unbranched alkanes of at least 4 members (excludes halogenated alkanes) is 27. The van der Waals surface area contributed by atoms with Gasteiger partial charge in [-0.1, -0.05) is 276 Å². The van der Waals surface area contributed by atoms with Gasteiger partial charge in [0.15, 0.2) is 6.10 Å². The maximum absolute atomic E-state index is 12.9. The van der Waals surface area contributed by atoms with E-state index in [0.29, 0.717) is 19.3 Å². The van der Waals surface area contributed by atoms with Crippen LogP contribution in [0.4, 0.5) is 0 Å². The van der Waals surface area contributed by atoms with Crippen LogP contribution >= 0.6 is 0 Å². The van der Waals surface area contributed by atoms with E-state index < -0.39 is 6.10 Å². The second-order valence-corrected chi connectivity index (χ2v) is 22.0. The summed E-state index contributed by atoms with van der Waals surface area (Å²) in [7, 11) is 0. The molecular weight excluding hydrogens is 997 g/mol. The molecular formula is C75H124O6. The van der Waals surface area contributed by atoms with Crippen molar-refractivity contribution >= 4 is 17.9 Å². The van der Waals surface area contributed by atoms with Crippen molar-refractivity contribution in [2.45, 2.75) is 309 Å². The molecule has 460 valence electrons. The third-order valence-corrected chi connectivity index (χ3v) is 14.1. The zero-order chi connectivity index (χ0) is 58.5. The molecule has 81 heavy (non-hydrogen) atoms. The summed E-state index contributed by atoms with van der Waals surface area (Å²) in [6.07, 6.45) is 95.9. The van der Waals surface area contributed by atoms with E-state index in [9.17, 15) is 14.4 Å². The Bertz CT molecular complexity index is 1720. The highest BCUT2D eigenvalue weighted by molar-refractivity contribution is 5.71. The first-order valence-corrected chi connectivity index (χ1v) is 33.7. The molecule has 0 aromatic carbocycles. The first-order valence-electron chi connectivity index (χ1n) is 33.7. The van der Waals surface area contributed by atoms with Gasteiger partial charge in [0.05, 0.1) is 0 Å². The minimum atomic E-state index is -0.799. The maximum Gasteiger partial charge on any atom is 0.306 e. The summed E-state index contributed by atoms with van der Waals surface area (Å²) < 4.78 is 17.0. The molecule has 0 fully saturated rings. The van der Waals surface area contributed by atoms with Crippen molar-refractivity contribution in [1.29, 1.82) is 0 Å². The van der Waals surface area contributed by atoms with E-state index in [1.165, 1.54) is 122 Å². The molecule has 0 aliphatic carbocycles. The molecule has 6 nitrogen and oxygen atoms in total. The molecule has 1 unspecified atom stereocenters. The molecule has 6 heteroatoms. The second kappa shape index (κ2) is 68.1. The zero-order valence-electron chi connectivity index (χ0n) is 52.8. The molecule has 0 aliphatic rings. The smallest absolute Gasteiger partial charge is 0.306 e. The lowest BCUT2D eigenvalue weighted by Crippen LogP contribution is -2.30. The minimum Gasteiger partial charge on any atom is -0.462 e. The maximum atomic E-state index is 12.9. The van der Waals surface area contributed by atoms with Gasteiger partial charge in [-0.2, -0.15) is 0 Å². The van der Waals surface area contributed by atoms with Crippen LogP contribution in [0.25, 0.3) is 0 Å². The van der Waals surface area contributed by atoms with E-state index in [2.05, 4.69) is 154 Å². The molecule has 0 N–H and O–H groups in total. The molecule has 0 rings (SSSR count). The van der Waals surface area contributed by atoms with E-state index >= 15 is 0 Å². The van der Waals surface area contributed by atoms with Crippen LogP contribution in [-0.4, -0.2) is 37.2 Å². The summed E-state index contributed by atoms with van der Waals surface area (Å²) in [5.74, 6) is -0.916. The molecule has 0 saturated carbocycles. The third kappa shape index (κ3) is 66.2. The number of ether oxygens (including phenoxy) is 3. The summed E-state index contributed by atoms with van der Waals surface area (Å²) in [5.41, 5.74) is 0. The van der Waals surface area contributed by atoms with Gasteiger partial charge < -0.3 is 14.2 Å². The van der Waals surface area contributed by atoms with E-state index in [-0.39, 0.29) is 31.1 Å². The molecule has 0 spiro atoms. The van der Waals surface area contributed by atoms with Crippen LogP contribution in [0.2, 0.25) is 0 Å². The number of esters is 3. The van der Waals surface area contributed by atoms with E-state index in [1.807, 2.05) is 0 Å². The number of carbonyl (C=O) groups excluding carboxylic acids is 3. The van der Waals surface area contributed by atoms with Gasteiger partial charge in [-0.15, -0.1) is 0 Å². The fourth-order valence-corrected chi connectivity index (χ4v) is 9.07. The van der Waals surface area contributed by atoms with Crippen LogP contribution in [0.3, 0.4) is 0 Å². The Balaban J connectivity index is 4.42. The lowest BCUT2D eigenvalue weighted by atomic mass is 10.1. The van der Waals surface area contributed by atoms with Crippen molar-refractivity contribution < 1.29 is 28.6 Å². The fourth-order valence-electron chi connectivity index (χ4n) is 9.07. The predicted molar refractivity (Wildman–Crippen MR) is 353 cm³/mol. The number of carbonyl (C=O) groups is 3. The first-order chi connectivity index (χ1) is 40.0. The number of allylic oxidation sites excluding steroid dienone is 22. The highest BCUT2D eigenvalue weighted by atomic mass is 16.6. The van der Waals surface area contributed by atoms with Gasteiger partial charge in [-0.3, -0.25) is 14.4 Å². The third-order valence-electron chi connectivity index (χ3n) is 14.1. The summed E-state index contributed by atoms with van der Waals surface area (Å²) in [5, 5.41) is 0. The van der Waals surface area contributed by atoms with Gasteiger partial charge in [0.25, 0.3) is 0 Å². The monoisotopic (exact) mass is 1120 g/mol. The fraction of sp³-hybridized carbons (Fsp3) is 0.667. The van der Waals surface area contributed by atoms with E-state index in [1.54, 1.807) is 0 Å². The topological polar surface area (TPSA) is 78.9 Å². The van der Waals surface area contributed by atoms with E-state index in [0.717, 1.165) is 141 Å². The quantitative estimate of drug-likeness (QED) is 0.0261. The van der Waals surface area contributed by atoms with Gasteiger partial charge in [0.2, 0.25) is 0 Å². The average molecular weight is 1120 g/mol. The van der Waals surface area contributed by atoms with Crippen molar-refractivity contribution in [1.82, 2.24) is 0 Å². The number of rotatable bonds is 60. The molecule has 0 radical (unpaired) electrons. The standard InChI is InChI=1S/C75H124O6/c1-4-7-10-13-16-19-22-25-28-31-33-34-35-36-37-38-39-40-42-44-47-50-53-56-59-62-65-68-74(77)80-71-72(70-79-73(76)67-64-61-58-55-52-49-46-43-30-27-24-21-18-15-12-9-6-3)81-75(78)69-66-63-60-57-54-51-48-45-41-32-29-26-23-20-17-14-11-8-5-2/h7,10,16-21,25-30,33-34,36-37,39-41,45,72H,4-6,8-9,11-15,22-24,31-32,35,38,42-44,46-71H2,1-3H3/b10-7-,19-16-,20-17-,21-18-,28-25-,29-26-,30-27-,34-33-,37-36-,40-39-,45-41-. The molecule has 0 saturated heterocycles. The molecule has 0 aromatic heterocycles. The van der Waals surface area contributed by atoms with Crippen LogP contribution in [0, 0.1) is 0 Å². The van der Waals surface area contributed by atoms with Crippen molar-refractivity contribution in [2.24, 2.45) is 0 Å². The second-order valence-electron chi connectivity index (χ2n) is 22.0. The Morgan fingerprint density at radius 2 is 0.481 bits per heavy atom. The van der Waals surface area contributed by atoms with Crippen LogP contribution in [0.5, 0.6) is 0 Å². The van der Waals surface area contributed by atoms with Crippen molar-refractivity contribution in [3.63, 3.8) is 0 Å². The molecule has 0 bridgehead atoms. The van der Waals surface area contributed by atoms with Crippen LogP contribution < -0.4 is 0 Å². The Morgan fingerprint density at radius 1 is 0.259 bits per heavy atom. The molecule has 0 amide bonds. The van der Waals surface area contributed by atoms with E-state index in [4.69, 9.17) is 14.2 Å². The zero-order valence-corrected chi connectivity index (χ0v) is 52.8. The van der Waals surface area contributed by atoms with Crippen molar-refractivity contribution in [3.05, 3.63) is 134 Å². The van der Waals surface area contributed by atoms with Gasteiger partial charge in [-0.05, 0) is 141 Å². The molecule has 1 atom stereocenters. The lowest BCUT2D eigenvalue weighted by Gasteiger charge is -2.18. The van der Waals surface area contributed by atoms with Crippen molar-refractivity contribution in [3.8, 4) is 0 Å². The molecule has 0 aromatic rings. The van der Waals surface area contributed by atoms with Gasteiger partial charge >= 0.3 is 17.9 Å². The Labute approximate surface area is 500 Å². The van der Waals surface area contributed by atoms with Gasteiger partial charge in [0.1, 0.15) is 13.2 Å². The largest absolute Gasteiger partial charge is 0.462 e. The van der Waals surface area contributed by atoms with Gasteiger partial charge in [0, 0.05) is 19.3 Å². The molecule has 0 aliphatic heterocycles. The van der Waals surface area contributed by atoms with Crippen LogP contribution in [0.15, 0.2) is 134 Å². The lowest BCUT2D eigenvalue weighted by molar-refractivity contribution is -0.167. The highest BCUT2D eigenvalue weighted by Crippen LogP contribution is 2.15. The number of hydrogen-bond acceptors (Lipinski definition) is 6.